The molecule has 7 nitrogen and oxygen atoms in total. The molecule has 0 spiro atoms. The molecule has 0 unspecified atom stereocenters. The molecule has 0 aromatic heterocycles. The second kappa shape index (κ2) is 6.85. The number of hydrogen-bond donors (Lipinski definition) is 1. The summed E-state index contributed by atoms with van der Waals surface area (Å²) in [4.78, 5) is 15.5. The van der Waals surface area contributed by atoms with Crippen molar-refractivity contribution in [2.24, 2.45) is 5.16 Å². The molecule has 0 heterocycles. The molecule has 0 saturated carbocycles. The van der Waals surface area contributed by atoms with E-state index < -0.39 is 27.4 Å². The Morgan fingerprint density at radius 1 is 1.38 bits per heavy atom. The molecule has 1 aromatic rings. The summed E-state index contributed by atoms with van der Waals surface area (Å²) in [7, 11) is -2.67. The molecular formula is C13H15N3O4S. The number of sulfone groups is 1. The third kappa shape index (κ3) is 4.03. The molecule has 1 amide bonds. The monoisotopic (exact) mass is 309 g/mol. The number of likely N-dealkylation sites (N-methyl/N-ethyl adjacent to an activating group) is 1. The van der Waals surface area contributed by atoms with Crippen LogP contribution in [0.15, 0.2) is 28.3 Å². The van der Waals surface area contributed by atoms with E-state index in [-0.39, 0.29) is 4.90 Å². The number of nitriles is 1. The van der Waals surface area contributed by atoms with Gasteiger partial charge in [0.1, 0.15) is 6.07 Å². The molecule has 0 radical (unpaired) electrons. The Kier molecular flexibility index (Phi) is 5.44. The van der Waals surface area contributed by atoms with Gasteiger partial charge in [0.25, 0.3) is 11.0 Å². The lowest BCUT2D eigenvalue weighted by molar-refractivity contribution is -0.125. The highest BCUT2D eigenvalue weighted by molar-refractivity contribution is 8.07. The van der Waals surface area contributed by atoms with Crippen molar-refractivity contribution in [3.05, 3.63) is 29.3 Å². The number of rotatable bonds is 4. The van der Waals surface area contributed by atoms with E-state index in [2.05, 4.69) is 15.3 Å². The summed E-state index contributed by atoms with van der Waals surface area (Å²) < 4.78 is 24.5. The maximum absolute atomic E-state index is 12.2. The van der Waals surface area contributed by atoms with Gasteiger partial charge in [-0.1, -0.05) is 11.2 Å². The van der Waals surface area contributed by atoms with Crippen LogP contribution in [0.2, 0.25) is 0 Å². The summed E-state index contributed by atoms with van der Waals surface area (Å²) in [5.74, 6) is -0.486. The number of benzene rings is 1. The van der Waals surface area contributed by atoms with Crippen molar-refractivity contribution in [1.82, 2.24) is 5.32 Å². The number of nitrogens with one attached hydrogen (secondary N) is 1. The van der Waals surface area contributed by atoms with E-state index in [9.17, 15) is 13.2 Å². The van der Waals surface area contributed by atoms with E-state index >= 15 is 0 Å². The third-order valence-electron chi connectivity index (χ3n) is 2.76. The zero-order valence-electron chi connectivity index (χ0n) is 11.9. The second-order valence-corrected chi connectivity index (χ2v) is 6.07. The van der Waals surface area contributed by atoms with Crippen molar-refractivity contribution in [3.8, 4) is 6.07 Å². The van der Waals surface area contributed by atoms with Crippen LogP contribution in [-0.2, 0) is 19.5 Å². The van der Waals surface area contributed by atoms with E-state index in [0.29, 0.717) is 0 Å². The lowest BCUT2D eigenvalue weighted by Gasteiger charge is -2.05. The summed E-state index contributed by atoms with van der Waals surface area (Å²) in [5.41, 5.74) is 1.71. The summed E-state index contributed by atoms with van der Waals surface area (Å²) in [6, 6.07) is 5.96. The van der Waals surface area contributed by atoms with Crippen LogP contribution >= 0.6 is 0 Å². The zero-order chi connectivity index (χ0) is 16.0. The largest absolute Gasteiger partial charge is 0.384 e. The molecule has 1 N–H and O–H groups in total. The number of carbonyl (C=O) groups excluding carboxylic acids is 1. The van der Waals surface area contributed by atoms with E-state index in [0.717, 1.165) is 11.1 Å². The molecular weight excluding hydrogens is 294 g/mol. The van der Waals surface area contributed by atoms with E-state index in [4.69, 9.17) is 5.26 Å². The Hall–Kier alpha value is -2.40. The second-order valence-electron chi connectivity index (χ2n) is 4.20. The van der Waals surface area contributed by atoms with Gasteiger partial charge in [-0.25, -0.2) is 8.42 Å². The number of hydrogen-bond acceptors (Lipinski definition) is 6. The summed E-state index contributed by atoms with van der Waals surface area (Å²) in [5, 5.41) is 13.6. The fourth-order valence-corrected chi connectivity index (χ4v) is 2.42. The first-order valence-corrected chi connectivity index (χ1v) is 7.44. The average molecular weight is 309 g/mol. The number of aryl methyl sites for hydroxylation is 2. The van der Waals surface area contributed by atoms with Gasteiger partial charge in [0.2, 0.25) is 9.84 Å². The Morgan fingerprint density at radius 2 is 2.05 bits per heavy atom. The number of amides is 1. The van der Waals surface area contributed by atoms with Crippen molar-refractivity contribution in [2.45, 2.75) is 18.7 Å². The number of oxime groups is 1. The van der Waals surface area contributed by atoms with Gasteiger partial charge in [-0.05, 0) is 37.1 Å². The van der Waals surface area contributed by atoms with Crippen LogP contribution in [0.3, 0.4) is 0 Å². The summed E-state index contributed by atoms with van der Waals surface area (Å²) in [6.07, 6.45) is 0. The topological polar surface area (TPSA) is 109 Å². The molecule has 1 rings (SSSR count). The van der Waals surface area contributed by atoms with Gasteiger partial charge < -0.3 is 10.2 Å². The van der Waals surface area contributed by atoms with Gasteiger partial charge in [-0.3, -0.25) is 4.79 Å². The standard InChI is InChI=1S/C13H15N3O4S/c1-9-4-5-11(6-10(9)2)21(18,19)13(7-14)16-20-8-12(17)15-3/h4-6H,8H2,1-3H3,(H,15,17). The summed E-state index contributed by atoms with van der Waals surface area (Å²) in [6.45, 7) is 3.14. The van der Waals surface area contributed by atoms with Crippen LogP contribution in [-0.4, -0.2) is 33.0 Å². The predicted molar refractivity (Wildman–Crippen MR) is 76.2 cm³/mol. The molecule has 0 saturated heterocycles. The molecule has 21 heavy (non-hydrogen) atoms. The van der Waals surface area contributed by atoms with Crippen molar-refractivity contribution in [2.75, 3.05) is 13.7 Å². The molecule has 0 atom stereocenters. The van der Waals surface area contributed by atoms with Gasteiger partial charge in [-0.15, -0.1) is 0 Å². The highest BCUT2D eigenvalue weighted by Crippen LogP contribution is 2.17. The van der Waals surface area contributed by atoms with Crippen molar-refractivity contribution in [1.29, 1.82) is 5.26 Å². The maximum Gasteiger partial charge on any atom is 0.275 e. The van der Waals surface area contributed by atoms with Crippen LogP contribution in [0.4, 0.5) is 0 Å². The third-order valence-corrected chi connectivity index (χ3v) is 4.31. The SMILES string of the molecule is CNC(=O)CON=C(C#N)S(=O)(=O)c1ccc(C)c(C)c1. The first kappa shape index (κ1) is 16.7. The van der Waals surface area contributed by atoms with E-state index in [1.807, 2.05) is 6.92 Å². The normalized spacial score (nSPS) is 11.6. The maximum atomic E-state index is 12.2. The predicted octanol–water partition coefficient (Wildman–Crippen LogP) is 0.677. The molecule has 0 bridgehead atoms. The van der Waals surface area contributed by atoms with Gasteiger partial charge in [-0.2, -0.15) is 5.26 Å². The first-order chi connectivity index (χ1) is 9.82. The van der Waals surface area contributed by atoms with Crippen LogP contribution in [0.25, 0.3) is 0 Å². The van der Waals surface area contributed by atoms with Crippen LogP contribution in [0, 0.1) is 25.2 Å². The van der Waals surface area contributed by atoms with E-state index in [1.54, 1.807) is 13.0 Å². The van der Waals surface area contributed by atoms with Crippen LogP contribution in [0.1, 0.15) is 11.1 Å². The molecule has 1 aromatic carbocycles. The zero-order valence-corrected chi connectivity index (χ0v) is 12.7. The van der Waals surface area contributed by atoms with Crippen LogP contribution in [0.5, 0.6) is 0 Å². The van der Waals surface area contributed by atoms with E-state index in [1.165, 1.54) is 25.2 Å². The minimum Gasteiger partial charge on any atom is -0.384 e. The molecule has 0 aliphatic heterocycles. The Bertz CT molecular complexity index is 717. The van der Waals surface area contributed by atoms with Crippen molar-refractivity contribution < 1.29 is 18.0 Å². The van der Waals surface area contributed by atoms with Gasteiger partial charge in [0, 0.05) is 7.05 Å². The summed E-state index contributed by atoms with van der Waals surface area (Å²) >= 11 is 0. The minimum absolute atomic E-state index is 0.0468. The molecule has 0 aliphatic rings. The highest BCUT2D eigenvalue weighted by Gasteiger charge is 2.24. The lowest BCUT2D eigenvalue weighted by atomic mass is 10.1. The molecule has 8 heteroatoms. The average Bonchev–Trinajstić information content (AvgIpc) is 2.45. The Balaban J connectivity index is 3.08. The van der Waals surface area contributed by atoms with Gasteiger partial charge >= 0.3 is 0 Å². The number of carbonyl (C=O) groups is 1. The quantitative estimate of drug-likeness (QED) is 0.499. The van der Waals surface area contributed by atoms with Crippen molar-refractivity contribution in [3.63, 3.8) is 0 Å². The fraction of sp³-hybridized carbons (Fsp3) is 0.308. The van der Waals surface area contributed by atoms with Gasteiger partial charge in [0.15, 0.2) is 6.61 Å². The van der Waals surface area contributed by atoms with Crippen LogP contribution < -0.4 is 5.32 Å². The smallest absolute Gasteiger partial charge is 0.275 e. The fourth-order valence-electron chi connectivity index (χ4n) is 1.34. The van der Waals surface area contributed by atoms with Crippen molar-refractivity contribution >= 4 is 20.8 Å². The minimum atomic E-state index is -4.06. The number of nitrogens with zero attached hydrogens (tertiary/aromatic N) is 2. The Labute approximate surface area is 123 Å². The lowest BCUT2D eigenvalue weighted by Crippen LogP contribution is -2.23. The molecule has 112 valence electrons. The first-order valence-electron chi connectivity index (χ1n) is 5.96. The Morgan fingerprint density at radius 3 is 2.57 bits per heavy atom. The van der Waals surface area contributed by atoms with Gasteiger partial charge in [0.05, 0.1) is 4.90 Å². The highest BCUT2D eigenvalue weighted by atomic mass is 32.2. The molecule has 0 fully saturated rings. The molecule has 0 aliphatic carbocycles.